The second-order valence-corrected chi connectivity index (χ2v) is 8.61. The lowest BCUT2D eigenvalue weighted by atomic mass is 10.0. The second-order valence-electron chi connectivity index (χ2n) is 7.26. The van der Waals surface area contributed by atoms with Gasteiger partial charge in [0.2, 0.25) is 5.89 Å². The van der Waals surface area contributed by atoms with Crippen molar-refractivity contribution in [1.29, 1.82) is 0 Å². The van der Waals surface area contributed by atoms with Crippen LogP contribution in [0.25, 0.3) is 10.8 Å². The van der Waals surface area contributed by atoms with Crippen LogP contribution in [0.1, 0.15) is 23.1 Å². The Kier molecular flexibility index (Phi) is 6.53. The number of benzene rings is 1. The minimum Gasteiger partial charge on any atom is -0.468 e. The number of thiophene rings is 1. The van der Waals surface area contributed by atoms with E-state index in [2.05, 4.69) is 9.80 Å². The maximum Gasteiger partial charge on any atom is 0.327 e. The molecule has 6 nitrogen and oxygen atoms in total. The fourth-order valence-corrected chi connectivity index (χ4v) is 4.64. The number of nitrogens with zero attached hydrogens (tertiary/aromatic N) is 3. The molecular weight excluding hydrogens is 422 g/mol. The molecule has 0 radical (unpaired) electrons. The van der Waals surface area contributed by atoms with Crippen LogP contribution >= 0.6 is 22.9 Å². The molecule has 30 heavy (non-hydrogen) atoms. The van der Waals surface area contributed by atoms with Crippen LogP contribution in [-0.4, -0.2) is 54.0 Å². The standard InChI is InChI=1S/C22H24ClN3O3S/c1-15-18(24-21(29-15)19-8-5-13-30-19)14-25-9-11-26(12-10-25)20(22(27)28-2)16-6-3-4-7-17(16)23/h3-8,13,20H,9-12,14H2,1-2H3. The predicted molar refractivity (Wildman–Crippen MR) is 118 cm³/mol. The summed E-state index contributed by atoms with van der Waals surface area (Å²) in [5.41, 5.74) is 1.75. The zero-order valence-corrected chi connectivity index (χ0v) is 18.6. The van der Waals surface area contributed by atoms with E-state index in [1.165, 1.54) is 7.11 Å². The molecule has 8 heteroatoms. The topological polar surface area (TPSA) is 58.8 Å². The van der Waals surface area contributed by atoms with Gasteiger partial charge in [-0.2, -0.15) is 0 Å². The average molecular weight is 446 g/mol. The molecule has 0 N–H and O–H groups in total. The van der Waals surface area contributed by atoms with Gasteiger partial charge in [-0.05, 0) is 30.0 Å². The summed E-state index contributed by atoms with van der Waals surface area (Å²) in [6.45, 7) is 5.79. The average Bonchev–Trinajstić information content (AvgIpc) is 3.41. The minimum absolute atomic E-state index is 0.288. The summed E-state index contributed by atoms with van der Waals surface area (Å²) in [7, 11) is 1.42. The summed E-state index contributed by atoms with van der Waals surface area (Å²) in [5.74, 6) is 1.24. The van der Waals surface area contributed by atoms with Crippen LogP contribution < -0.4 is 0 Å². The van der Waals surface area contributed by atoms with Crippen LogP contribution in [0.4, 0.5) is 0 Å². The van der Waals surface area contributed by atoms with Gasteiger partial charge in [0.1, 0.15) is 11.8 Å². The Hall–Kier alpha value is -2.19. The van der Waals surface area contributed by atoms with Gasteiger partial charge in [0.15, 0.2) is 0 Å². The molecule has 1 aliphatic heterocycles. The van der Waals surface area contributed by atoms with Crippen molar-refractivity contribution in [3.8, 4) is 10.8 Å². The van der Waals surface area contributed by atoms with E-state index in [0.29, 0.717) is 10.9 Å². The molecule has 1 aliphatic rings. The molecule has 0 bridgehead atoms. The summed E-state index contributed by atoms with van der Waals surface area (Å²) in [4.78, 5) is 22.7. The Labute approximate surface area is 185 Å². The zero-order chi connectivity index (χ0) is 21.1. The number of rotatable bonds is 6. The van der Waals surface area contributed by atoms with Crippen LogP contribution in [0.2, 0.25) is 5.02 Å². The Balaban J connectivity index is 1.43. The molecule has 3 heterocycles. The molecule has 0 spiro atoms. The largest absolute Gasteiger partial charge is 0.468 e. The van der Waals surface area contributed by atoms with Gasteiger partial charge in [-0.1, -0.05) is 35.9 Å². The number of carbonyl (C=O) groups excluding carboxylic acids is 1. The van der Waals surface area contributed by atoms with Crippen LogP contribution in [0.5, 0.6) is 0 Å². The number of aryl methyl sites for hydroxylation is 1. The van der Waals surface area contributed by atoms with Gasteiger partial charge < -0.3 is 9.15 Å². The van der Waals surface area contributed by atoms with E-state index in [4.69, 9.17) is 25.7 Å². The molecule has 4 rings (SSSR count). The number of hydrogen-bond acceptors (Lipinski definition) is 7. The molecule has 1 unspecified atom stereocenters. The van der Waals surface area contributed by atoms with Crippen molar-refractivity contribution < 1.29 is 13.9 Å². The predicted octanol–water partition coefficient (Wildman–Crippen LogP) is 4.40. The third-order valence-electron chi connectivity index (χ3n) is 5.39. The highest BCUT2D eigenvalue weighted by Gasteiger charge is 2.32. The lowest BCUT2D eigenvalue weighted by Crippen LogP contribution is -2.49. The van der Waals surface area contributed by atoms with Crippen molar-refractivity contribution in [2.24, 2.45) is 0 Å². The first-order valence-electron chi connectivity index (χ1n) is 9.85. The fraction of sp³-hybridized carbons (Fsp3) is 0.364. The highest BCUT2D eigenvalue weighted by molar-refractivity contribution is 7.13. The van der Waals surface area contributed by atoms with Gasteiger partial charge in [0, 0.05) is 37.7 Å². The van der Waals surface area contributed by atoms with Crippen LogP contribution in [-0.2, 0) is 16.1 Å². The van der Waals surface area contributed by atoms with Gasteiger partial charge in [0.25, 0.3) is 0 Å². The van der Waals surface area contributed by atoms with Gasteiger partial charge in [-0.3, -0.25) is 9.80 Å². The van der Waals surface area contributed by atoms with Crippen molar-refractivity contribution in [3.05, 3.63) is 63.8 Å². The quantitative estimate of drug-likeness (QED) is 0.524. The molecule has 0 aliphatic carbocycles. The molecule has 1 fully saturated rings. The van der Waals surface area contributed by atoms with Gasteiger partial charge >= 0.3 is 5.97 Å². The van der Waals surface area contributed by atoms with Gasteiger partial charge in [0.05, 0.1) is 17.7 Å². The zero-order valence-electron chi connectivity index (χ0n) is 17.0. The first-order valence-corrected chi connectivity index (χ1v) is 11.1. The summed E-state index contributed by atoms with van der Waals surface area (Å²) in [5, 5.41) is 2.60. The van der Waals surface area contributed by atoms with Crippen molar-refractivity contribution in [2.45, 2.75) is 19.5 Å². The lowest BCUT2D eigenvalue weighted by Gasteiger charge is -2.38. The summed E-state index contributed by atoms with van der Waals surface area (Å²) in [6, 6.07) is 11.0. The number of oxazole rings is 1. The minimum atomic E-state index is -0.495. The summed E-state index contributed by atoms with van der Waals surface area (Å²) < 4.78 is 10.9. The molecule has 0 saturated carbocycles. The first-order chi connectivity index (χ1) is 14.6. The summed E-state index contributed by atoms with van der Waals surface area (Å²) >= 11 is 7.99. The monoisotopic (exact) mass is 445 g/mol. The van der Waals surface area contributed by atoms with E-state index in [-0.39, 0.29) is 5.97 Å². The maximum absolute atomic E-state index is 12.5. The fourth-order valence-electron chi connectivity index (χ4n) is 3.75. The highest BCUT2D eigenvalue weighted by atomic mass is 35.5. The van der Waals surface area contributed by atoms with E-state index in [1.54, 1.807) is 11.3 Å². The normalized spacial score (nSPS) is 16.5. The Morgan fingerprint density at radius 3 is 2.67 bits per heavy atom. The molecule has 3 aromatic rings. The molecule has 2 aromatic heterocycles. The van der Waals surface area contributed by atoms with E-state index >= 15 is 0 Å². The van der Waals surface area contributed by atoms with Crippen LogP contribution in [0.15, 0.2) is 46.2 Å². The molecular formula is C22H24ClN3O3S. The number of methoxy groups -OCH3 is 1. The highest BCUT2D eigenvalue weighted by Crippen LogP contribution is 2.30. The van der Waals surface area contributed by atoms with Gasteiger partial charge in [-0.15, -0.1) is 11.3 Å². The second kappa shape index (κ2) is 9.31. The molecule has 158 valence electrons. The SMILES string of the molecule is COC(=O)C(c1ccccc1Cl)N1CCN(Cc2nc(-c3cccs3)oc2C)CC1. The number of ether oxygens (including phenoxy) is 1. The Morgan fingerprint density at radius 1 is 1.23 bits per heavy atom. The molecule has 0 amide bonds. The van der Waals surface area contributed by atoms with Crippen molar-refractivity contribution in [1.82, 2.24) is 14.8 Å². The third-order valence-corrected chi connectivity index (χ3v) is 6.60. The van der Waals surface area contributed by atoms with E-state index in [9.17, 15) is 4.79 Å². The number of halogens is 1. The van der Waals surface area contributed by atoms with Crippen molar-refractivity contribution in [3.63, 3.8) is 0 Å². The number of aromatic nitrogens is 1. The van der Waals surface area contributed by atoms with Gasteiger partial charge in [-0.25, -0.2) is 9.78 Å². The number of piperazine rings is 1. The van der Waals surface area contributed by atoms with Crippen molar-refractivity contribution >= 4 is 28.9 Å². The van der Waals surface area contributed by atoms with E-state index < -0.39 is 6.04 Å². The number of carbonyl (C=O) groups is 1. The Morgan fingerprint density at radius 2 is 2.00 bits per heavy atom. The lowest BCUT2D eigenvalue weighted by molar-refractivity contribution is -0.148. The number of esters is 1. The third kappa shape index (κ3) is 4.44. The number of hydrogen-bond donors (Lipinski definition) is 0. The molecule has 1 atom stereocenters. The molecule has 1 aromatic carbocycles. The van der Waals surface area contributed by atoms with Crippen molar-refractivity contribution in [2.75, 3.05) is 33.3 Å². The maximum atomic E-state index is 12.5. The van der Waals surface area contributed by atoms with E-state index in [0.717, 1.165) is 54.6 Å². The van der Waals surface area contributed by atoms with Crippen LogP contribution in [0.3, 0.4) is 0 Å². The van der Waals surface area contributed by atoms with Crippen LogP contribution in [0, 0.1) is 6.92 Å². The first kappa shape index (κ1) is 21.1. The molecule has 1 saturated heterocycles. The summed E-state index contributed by atoms with van der Waals surface area (Å²) in [6.07, 6.45) is 0. The Bertz CT molecular complexity index is 997. The smallest absolute Gasteiger partial charge is 0.327 e. The van der Waals surface area contributed by atoms with E-state index in [1.807, 2.05) is 48.7 Å².